The van der Waals surface area contributed by atoms with E-state index in [2.05, 4.69) is 0 Å². The average molecular weight is 362 g/mol. The molecule has 0 amide bonds. The minimum absolute atomic E-state index is 0.133. The standard InChI is InChI=1S/C22H18O5/c1-11-2-4-12(5-3-11)20-19(13-6-14(23)8-15(24)7-13)21-17(22(20)27)9-16(25)10-18(21)26/h2-10,19-20,23-26H,1H3/t19-,20+/m1/s1. The lowest BCUT2D eigenvalue weighted by molar-refractivity contribution is 0.0967. The number of phenolic OH excluding ortho intramolecular Hbond substituents is 4. The van der Waals surface area contributed by atoms with Crippen LogP contribution in [0.5, 0.6) is 23.0 Å². The minimum Gasteiger partial charge on any atom is -0.508 e. The van der Waals surface area contributed by atoms with E-state index in [1.165, 1.54) is 30.3 Å². The summed E-state index contributed by atoms with van der Waals surface area (Å²) in [7, 11) is 0. The first-order valence-electron chi connectivity index (χ1n) is 8.54. The SMILES string of the molecule is Cc1ccc([C@@H]2C(=O)c3cc(O)cc(O)c3[C@@H]2c2cc(O)cc(O)c2)cc1. The summed E-state index contributed by atoms with van der Waals surface area (Å²) in [6.07, 6.45) is 0. The van der Waals surface area contributed by atoms with E-state index in [0.29, 0.717) is 11.1 Å². The number of carbonyl (C=O) groups is 1. The van der Waals surface area contributed by atoms with Crippen LogP contribution >= 0.6 is 0 Å². The molecule has 0 saturated carbocycles. The molecule has 27 heavy (non-hydrogen) atoms. The first kappa shape index (κ1) is 17.0. The Morgan fingerprint density at radius 1 is 0.704 bits per heavy atom. The Kier molecular flexibility index (Phi) is 3.81. The van der Waals surface area contributed by atoms with Crippen molar-refractivity contribution in [1.82, 2.24) is 0 Å². The molecule has 5 nitrogen and oxygen atoms in total. The lowest BCUT2D eigenvalue weighted by atomic mass is 9.81. The zero-order chi connectivity index (χ0) is 19.3. The monoisotopic (exact) mass is 362 g/mol. The second-order valence-electron chi connectivity index (χ2n) is 6.94. The molecule has 0 radical (unpaired) electrons. The minimum atomic E-state index is -0.644. The van der Waals surface area contributed by atoms with Crippen molar-refractivity contribution in [2.24, 2.45) is 0 Å². The lowest BCUT2D eigenvalue weighted by Crippen LogP contribution is -2.13. The van der Waals surface area contributed by atoms with E-state index >= 15 is 0 Å². The van der Waals surface area contributed by atoms with Gasteiger partial charge in [0, 0.05) is 29.2 Å². The molecular weight excluding hydrogens is 344 g/mol. The summed E-state index contributed by atoms with van der Waals surface area (Å²) in [5.74, 6) is -2.13. The van der Waals surface area contributed by atoms with E-state index in [9.17, 15) is 25.2 Å². The largest absolute Gasteiger partial charge is 0.508 e. The lowest BCUT2D eigenvalue weighted by Gasteiger charge is -2.21. The van der Waals surface area contributed by atoms with Gasteiger partial charge in [-0.05, 0) is 36.2 Å². The quantitative estimate of drug-likeness (QED) is 0.554. The molecule has 0 unspecified atom stereocenters. The van der Waals surface area contributed by atoms with Crippen molar-refractivity contribution in [3.63, 3.8) is 0 Å². The van der Waals surface area contributed by atoms with E-state index < -0.39 is 11.8 Å². The summed E-state index contributed by atoms with van der Waals surface area (Å²) in [6, 6.07) is 14.2. The highest BCUT2D eigenvalue weighted by Gasteiger charge is 2.43. The molecule has 1 aliphatic carbocycles. The smallest absolute Gasteiger partial charge is 0.171 e. The van der Waals surface area contributed by atoms with Crippen molar-refractivity contribution in [3.8, 4) is 23.0 Å². The second-order valence-corrected chi connectivity index (χ2v) is 6.94. The molecule has 136 valence electrons. The third-order valence-corrected chi connectivity index (χ3v) is 5.06. The fourth-order valence-electron chi connectivity index (χ4n) is 3.91. The van der Waals surface area contributed by atoms with Gasteiger partial charge in [-0.1, -0.05) is 29.8 Å². The highest BCUT2D eigenvalue weighted by atomic mass is 16.3. The van der Waals surface area contributed by atoms with Crippen LogP contribution in [0.4, 0.5) is 0 Å². The van der Waals surface area contributed by atoms with Gasteiger partial charge in [0.1, 0.15) is 23.0 Å². The number of rotatable bonds is 2. The zero-order valence-corrected chi connectivity index (χ0v) is 14.5. The number of ketones is 1. The third-order valence-electron chi connectivity index (χ3n) is 5.06. The number of Topliss-reactive ketones (excluding diaryl/α,β-unsaturated/α-hetero) is 1. The van der Waals surface area contributed by atoms with Gasteiger partial charge in [0.15, 0.2) is 5.78 Å². The molecule has 4 N–H and O–H groups in total. The number of carbonyl (C=O) groups excluding carboxylic acids is 1. The summed E-state index contributed by atoms with van der Waals surface area (Å²) in [6.45, 7) is 1.95. The van der Waals surface area contributed by atoms with Crippen molar-refractivity contribution in [1.29, 1.82) is 0 Å². The Labute approximate surface area is 155 Å². The highest BCUT2D eigenvalue weighted by molar-refractivity contribution is 6.08. The van der Waals surface area contributed by atoms with Gasteiger partial charge in [0.2, 0.25) is 0 Å². The average Bonchev–Trinajstić information content (AvgIpc) is 2.88. The molecule has 0 saturated heterocycles. The fourth-order valence-corrected chi connectivity index (χ4v) is 3.91. The molecule has 0 heterocycles. The van der Waals surface area contributed by atoms with Crippen LogP contribution in [0, 0.1) is 6.92 Å². The summed E-state index contributed by atoms with van der Waals surface area (Å²) < 4.78 is 0. The Bertz CT molecular complexity index is 1030. The molecule has 3 aromatic rings. The van der Waals surface area contributed by atoms with Crippen molar-refractivity contribution in [2.45, 2.75) is 18.8 Å². The Morgan fingerprint density at radius 3 is 1.93 bits per heavy atom. The summed E-state index contributed by atoms with van der Waals surface area (Å²) in [5, 5.41) is 40.2. The number of phenols is 4. The van der Waals surface area contributed by atoms with Crippen LogP contribution in [0.2, 0.25) is 0 Å². The van der Waals surface area contributed by atoms with E-state index in [-0.39, 0.29) is 34.3 Å². The molecule has 5 heteroatoms. The van der Waals surface area contributed by atoms with Crippen LogP contribution in [0.1, 0.15) is 44.4 Å². The van der Waals surface area contributed by atoms with Crippen LogP contribution < -0.4 is 0 Å². The van der Waals surface area contributed by atoms with Crippen molar-refractivity contribution < 1.29 is 25.2 Å². The molecular formula is C22H18O5. The summed E-state index contributed by atoms with van der Waals surface area (Å²) in [4.78, 5) is 13.2. The molecule has 0 fully saturated rings. The topological polar surface area (TPSA) is 98.0 Å². The first-order chi connectivity index (χ1) is 12.8. The van der Waals surface area contributed by atoms with Gasteiger partial charge in [-0.25, -0.2) is 0 Å². The van der Waals surface area contributed by atoms with Gasteiger partial charge in [0.05, 0.1) is 5.92 Å². The second kappa shape index (κ2) is 6.06. The Morgan fingerprint density at radius 2 is 1.30 bits per heavy atom. The van der Waals surface area contributed by atoms with E-state index in [4.69, 9.17) is 0 Å². The Hall–Kier alpha value is -3.47. The number of benzene rings is 3. The zero-order valence-electron chi connectivity index (χ0n) is 14.5. The molecule has 4 rings (SSSR count). The molecule has 1 aliphatic rings. The maximum atomic E-state index is 13.2. The maximum Gasteiger partial charge on any atom is 0.171 e. The van der Waals surface area contributed by atoms with Crippen LogP contribution in [0.25, 0.3) is 0 Å². The molecule has 3 aromatic carbocycles. The van der Waals surface area contributed by atoms with Gasteiger partial charge in [-0.2, -0.15) is 0 Å². The normalized spacial score (nSPS) is 18.5. The molecule has 0 spiro atoms. The molecule has 0 bridgehead atoms. The predicted molar refractivity (Wildman–Crippen MR) is 99.6 cm³/mol. The number of fused-ring (bicyclic) bond motifs is 1. The maximum absolute atomic E-state index is 13.2. The number of hydrogen-bond acceptors (Lipinski definition) is 5. The van der Waals surface area contributed by atoms with Crippen LogP contribution in [0.15, 0.2) is 54.6 Å². The molecule has 2 atom stereocenters. The van der Waals surface area contributed by atoms with Crippen molar-refractivity contribution >= 4 is 5.78 Å². The first-order valence-corrected chi connectivity index (χ1v) is 8.54. The van der Waals surface area contributed by atoms with Gasteiger partial charge in [0.25, 0.3) is 0 Å². The van der Waals surface area contributed by atoms with Crippen molar-refractivity contribution in [2.75, 3.05) is 0 Å². The number of aromatic hydroxyl groups is 4. The Balaban J connectivity index is 1.98. The van der Waals surface area contributed by atoms with Gasteiger partial charge >= 0.3 is 0 Å². The van der Waals surface area contributed by atoms with E-state index in [1.54, 1.807) is 0 Å². The summed E-state index contributed by atoms with van der Waals surface area (Å²) in [5.41, 5.74) is 2.94. The van der Waals surface area contributed by atoms with Crippen molar-refractivity contribution in [3.05, 3.63) is 82.4 Å². The van der Waals surface area contributed by atoms with Gasteiger partial charge in [-0.15, -0.1) is 0 Å². The molecule has 0 aliphatic heterocycles. The fraction of sp³-hybridized carbons (Fsp3) is 0.136. The van der Waals surface area contributed by atoms with E-state index in [1.807, 2.05) is 31.2 Å². The molecule has 0 aromatic heterocycles. The van der Waals surface area contributed by atoms with Gasteiger partial charge < -0.3 is 20.4 Å². The highest BCUT2D eigenvalue weighted by Crippen LogP contribution is 2.52. The van der Waals surface area contributed by atoms with E-state index in [0.717, 1.165) is 11.1 Å². The third kappa shape index (κ3) is 2.77. The van der Waals surface area contributed by atoms with Gasteiger partial charge in [-0.3, -0.25) is 4.79 Å². The van der Waals surface area contributed by atoms with Crippen LogP contribution in [-0.2, 0) is 0 Å². The van der Waals surface area contributed by atoms with Crippen LogP contribution in [-0.4, -0.2) is 26.2 Å². The predicted octanol–water partition coefficient (Wildman–Crippen LogP) is 3.93. The number of aryl methyl sites for hydroxylation is 1. The summed E-state index contributed by atoms with van der Waals surface area (Å²) >= 11 is 0. The number of hydrogen-bond donors (Lipinski definition) is 4. The van der Waals surface area contributed by atoms with Crippen LogP contribution in [0.3, 0.4) is 0 Å².